The van der Waals surface area contributed by atoms with Gasteiger partial charge in [0.05, 0.1) is 6.10 Å². The first-order chi connectivity index (χ1) is 8.49. The zero-order chi connectivity index (χ0) is 13.3. The second-order valence-electron chi connectivity index (χ2n) is 5.00. The molecule has 0 aromatic carbocycles. The van der Waals surface area contributed by atoms with Gasteiger partial charge >= 0.3 is 0 Å². The van der Waals surface area contributed by atoms with Crippen LogP contribution in [0.15, 0.2) is 23.2 Å². The number of ketones is 1. The normalized spacial score (nSPS) is 36.2. The Balaban J connectivity index is 2.16. The van der Waals surface area contributed by atoms with Gasteiger partial charge in [-0.2, -0.15) is 0 Å². The van der Waals surface area contributed by atoms with Gasteiger partial charge in [0, 0.05) is 17.9 Å². The molecule has 1 fully saturated rings. The van der Waals surface area contributed by atoms with Crippen molar-refractivity contribution in [1.29, 1.82) is 0 Å². The van der Waals surface area contributed by atoms with Crippen LogP contribution in [0.5, 0.6) is 0 Å². The van der Waals surface area contributed by atoms with E-state index in [0.29, 0.717) is 24.8 Å². The minimum Gasteiger partial charge on any atom is -0.512 e. The first-order valence-corrected chi connectivity index (χ1v) is 6.19. The monoisotopic (exact) mass is 254 g/mol. The lowest BCUT2D eigenvalue weighted by Crippen LogP contribution is -2.27. The average molecular weight is 254 g/mol. The molecule has 100 valence electrons. The molecule has 5 heteroatoms. The number of Topliss-reactive ketones (excluding diaryl/α,β-unsaturated/α-hetero) is 1. The van der Waals surface area contributed by atoms with E-state index in [1.54, 1.807) is 0 Å². The van der Waals surface area contributed by atoms with Gasteiger partial charge in [0.25, 0.3) is 0 Å². The summed E-state index contributed by atoms with van der Waals surface area (Å²) in [7, 11) is 0. The summed E-state index contributed by atoms with van der Waals surface area (Å²) < 4.78 is 0. The van der Waals surface area contributed by atoms with Gasteiger partial charge in [-0.25, -0.2) is 0 Å². The van der Waals surface area contributed by atoms with E-state index >= 15 is 0 Å². The Hall–Kier alpha value is -1.33. The molecule has 0 saturated heterocycles. The highest BCUT2D eigenvalue weighted by molar-refractivity contribution is 5.96. The highest BCUT2D eigenvalue weighted by Gasteiger charge is 2.31. The van der Waals surface area contributed by atoms with Crippen molar-refractivity contribution < 1.29 is 25.2 Å². The molecule has 3 unspecified atom stereocenters. The minimum atomic E-state index is -0.976. The fraction of sp³-hybridized carbons (Fsp3) is 0.615. The van der Waals surface area contributed by atoms with Gasteiger partial charge in [-0.1, -0.05) is 0 Å². The first kappa shape index (κ1) is 13.1. The number of aliphatic hydroxyl groups excluding tert-OH is 4. The number of hydrogen-bond donors (Lipinski definition) is 4. The van der Waals surface area contributed by atoms with Crippen LogP contribution in [-0.2, 0) is 4.79 Å². The smallest absolute Gasteiger partial charge is 0.164 e. The Kier molecular flexibility index (Phi) is 3.73. The Morgan fingerprint density at radius 1 is 1.33 bits per heavy atom. The molecule has 0 bridgehead atoms. The Labute approximate surface area is 105 Å². The van der Waals surface area contributed by atoms with Crippen LogP contribution < -0.4 is 0 Å². The SMILES string of the molecule is O=C1CC(O)CCC1=C(O)C1CC=C(O)C(O)C1. The highest BCUT2D eigenvalue weighted by Crippen LogP contribution is 2.32. The molecule has 18 heavy (non-hydrogen) atoms. The third kappa shape index (κ3) is 2.57. The maximum absolute atomic E-state index is 11.7. The molecule has 0 aromatic heterocycles. The summed E-state index contributed by atoms with van der Waals surface area (Å²) in [6.45, 7) is 0. The fourth-order valence-corrected chi connectivity index (χ4v) is 2.52. The van der Waals surface area contributed by atoms with E-state index in [4.69, 9.17) is 0 Å². The van der Waals surface area contributed by atoms with Gasteiger partial charge in [-0.05, 0) is 31.8 Å². The van der Waals surface area contributed by atoms with Crippen molar-refractivity contribution in [3.8, 4) is 0 Å². The van der Waals surface area contributed by atoms with Gasteiger partial charge in [0.1, 0.15) is 17.6 Å². The molecule has 0 amide bonds. The molecule has 0 radical (unpaired) electrons. The summed E-state index contributed by atoms with van der Waals surface area (Å²) in [5, 5.41) is 38.3. The van der Waals surface area contributed by atoms with E-state index in [1.165, 1.54) is 6.08 Å². The van der Waals surface area contributed by atoms with Crippen molar-refractivity contribution in [1.82, 2.24) is 0 Å². The molecule has 0 aromatic rings. The largest absolute Gasteiger partial charge is 0.512 e. The zero-order valence-electron chi connectivity index (χ0n) is 10.0. The molecule has 0 heterocycles. The Morgan fingerprint density at radius 2 is 2.06 bits per heavy atom. The maximum Gasteiger partial charge on any atom is 0.164 e. The lowest BCUT2D eigenvalue weighted by Gasteiger charge is -2.26. The van der Waals surface area contributed by atoms with Crippen molar-refractivity contribution in [3.63, 3.8) is 0 Å². The summed E-state index contributed by atoms with van der Waals surface area (Å²) in [5.41, 5.74) is 0.368. The maximum atomic E-state index is 11.7. The molecule has 4 N–H and O–H groups in total. The number of aliphatic hydroxyl groups is 4. The van der Waals surface area contributed by atoms with Crippen LogP contribution >= 0.6 is 0 Å². The van der Waals surface area contributed by atoms with Gasteiger partial charge in [0.15, 0.2) is 5.78 Å². The van der Waals surface area contributed by atoms with Crippen LogP contribution in [0.25, 0.3) is 0 Å². The first-order valence-electron chi connectivity index (χ1n) is 6.19. The van der Waals surface area contributed by atoms with Crippen LogP contribution in [0, 0.1) is 5.92 Å². The average Bonchev–Trinajstić information content (AvgIpc) is 2.32. The lowest BCUT2D eigenvalue weighted by atomic mass is 9.83. The predicted octanol–water partition coefficient (Wildman–Crippen LogP) is 1.13. The van der Waals surface area contributed by atoms with E-state index in [2.05, 4.69) is 0 Å². The second-order valence-corrected chi connectivity index (χ2v) is 5.00. The number of hydrogen-bond acceptors (Lipinski definition) is 5. The number of carbonyl (C=O) groups excluding carboxylic acids is 1. The highest BCUT2D eigenvalue weighted by atomic mass is 16.3. The molecule has 5 nitrogen and oxygen atoms in total. The molecule has 3 atom stereocenters. The predicted molar refractivity (Wildman–Crippen MR) is 64.0 cm³/mol. The number of allylic oxidation sites excluding steroid dienone is 3. The molecule has 2 aliphatic carbocycles. The second kappa shape index (κ2) is 5.12. The van der Waals surface area contributed by atoms with Crippen molar-refractivity contribution in [2.24, 2.45) is 5.92 Å². The Bertz CT molecular complexity index is 410. The topological polar surface area (TPSA) is 98.0 Å². The number of carbonyl (C=O) groups is 1. The molecule has 2 rings (SSSR count). The Morgan fingerprint density at radius 3 is 2.67 bits per heavy atom. The summed E-state index contributed by atoms with van der Waals surface area (Å²) in [6.07, 6.45) is 1.40. The zero-order valence-corrected chi connectivity index (χ0v) is 10.0. The fourth-order valence-electron chi connectivity index (χ4n) is 2.52. The van der Waals surface area contributed by atoms with E-state index in [9.17, 15) is 25.2 Å². The van der Waals surface area contributed by atoms with Crippen molar-refractivity contribution in [2.75, 3.05) is 0 Å². The van der Waals surface area contributed by atoms with Crippen LogP contribution in [-0.4, -0.2) is 38.4 Å². The van der Waals surface area contributed by atoms with Crippen LogP contribution in [0.1, 0.15) is 32.1 Å². The van der Waals surface area contributed by atoms with Crippen LogP contribution in [0.2, 0.25) is 0 Å². The quantitative estimate of drug-likeness (QED) is 0.415. The molecule has 1 saturated carbocycles. The van der Waals surface area contributed by atoms with E-state index < -0.39 is 12.2 Å². The van der Waals surface area contributed by atoms with E-state index in [0.717, 1.165) is 0 Å². The van der Waals surface area contributed by atoms with Crippen LogP contribution in [0.4, 0.5) is 0 Å². The van der Waals surface area contributed by atoms with Crippen LogP contribution in [0.3, 0.4) is 0 Å². The third-order valence-corrected chi connectivity index (χ3v) is 3.64. The van der Waals surface area contributed by atoms with Gasteiger partial charge < -0.3 is 20.4 Å². The van der Waals surface area contributed by atoms with E-state index in [-0.39, 0.29) is 36.1 Å². The lowest BCUT2D eigenvalue weighted by molar-refractivity contribution is -0.119. The molecular formula is C13H18O5. The summed E-state index contributed by atoms with van der Waals surface area (Å²) in [5.74, 6) is -0.617. The standard InChI is InChI=1S/C13H18O5/c14-8-2-3-9(11(16)6-8)13(18)7-1-4-10(15)12(17)5-7/h4,7-8,12,14-15,17-18H,1-3,5-6H2. The van der Waals surface area contributed by atoms with Crippen molar-refractivity contribution >= 4 is 5.78 Å². The number of rotatable bonds is 1. The minimum absolute atomic E-state index is 0.00898. The van der Waals surface area contributed by atoms with E-state index in [1.807, 2.05) is 0 Å². The molecular weight excluding hydrogens is 236 g/mol. The van der Waals surface area contributed by atoms with Gasteiger partial charge in [0.2, 0.25) is 0 Å². The van der Waals surface area contributed by atoms with Gasteiger partial charge in [-0.15, -0.1) is 0 Å². The van der Waals surface area contributed by atoms with Crippen molar-refractivity contribution in [3.05, 3.63) is 23.2 Å². The molecule has 0 aliphatic heterocycles. The molecule has 0 spiro atoms. The molecule has 2 aliphatic rings. The summed E-state index contributed by atoms with van der Waals surface area (Å²) in [4.78, 5) is 11.7. The van der Waals surface area contributed by atoms with Crippen molar-refractivity contribution in [2.45, 2.75) is 44.3 Å². The van der Waals surface area contributed by atoms with Gasteiger partial charge in [-0.3, -0.25) is 4.79 Å². The summed E-state index contributed by atoms with van der Waals surface area (Å²) in [6, 6.07) is 0. The third-order valence-electron chi connectivity index (χ3n) is 3.64. The summed E-state index contributed by atoms with van der Waals surface area (Å²) >= 11 is 0.